The Hall–Kier alpha value is -1.32. The zero-order chi connectivity index (χ0) is 11.5. The number of hydrogen-bond acceptors (Lipinski definition) is 2. The van der Waals surface area contributed by atoms with Crippen molar-refractivity contribution in [3.8, 4) is 0 Å². The van der Waals surface area contributed by atoms with Gasteiger partial charge in [0, 0.05) is 17.3 Å². The molecule has 1 atom stereocenters. The molecule has 0 aromatic carbocycles. The number of H-pyrrole nitrogens is 1. The van der Waals surface area contributed by atoms with Gasteiger partial charge in [-0.3, -0.25) is 9.89 Å². The quantitative estimate of drug-likeness (QED) is 0.818. The van der Waals surface area contributed by atoms with Gasteiger partial charge in [0.15, 0.2) is 5.69 Å². The molecule has 0 fully saturated rings. The van der Waals surface area contributed by atoms with E-state index in [1.54, 1.807) is 0 Å². The van der Waals surface area contributed by atoms with E-state index in [-0.39, 0.29) is 11.9 Å². The van der Waals surface area contributed by atoms with Crippen LogP contribution in [0.15, 0.2) is 0 Å². The van der Waals surface area contributed by atoms with Gasteiger partial charge in [0.05, 0.1) is 0 Å². The molecule has 1 aliphatic rings. The maximum Gasteiger partial charge on any atom is 0.272 e. The first-order chi connectivity index (χ1) is 7.72. The molecule has 88 valence electrons. The minimum atomic E-state index is -0.0336. The van der Waals surface area contributed by atoms with Crippen LogP contribution in [0.3, 0.4) is 0 Å². The van der Waals surface area contributed by atoms with Gasteiger partial charge >= 0.3 is 0 Å². The Morgan fingerprint density at radius 2 is 2.25 bits per heavy atom. The van der Waals surface area contributed by atoms with Gasteiger partial charge in [-0.2, -0.15) is 5.10 Å². The molecular formula is C12H19N3O. The monoisotopic (exact) mass is 221 g/mol. The van der Waals surface area contributed by atoms with E-state index in [4.69, 9.17) is 0 Å². The predicted molar refractivity (Wildman–Crippen MR) is 62.4 cm³/mol. The number of nitrogens with zero attached hydrogens (tertiary/aromatic N) is 1. The summed E-state index contributed by atoms with van der Waals surface area (Å²) >= 11 is 0. The zero-order valence-corrected chi connectivity index (χ0v) is 9.97. The zero-order valence-electron chi connectivity index (χ0n) is 9.97. The van der Waals surface area contributed by atoms with E-state index in [9.17, 15) is 4.79 Å². The van der Waals surface area contributed by atoms with Crippen molar-refractivity contribution in [2.45, 2.75) is 52.0 Å². The number of fused-ring (bicyclic) bond motifs is 1. The minimum Gasteiger partial charge on any atom is -0.348 e. The highest BCUT2D eigenvalue weighted by Gasteiger charge is 2.21. The van der Waals surface area contributed by atoms with E-state index in [1.165, 1.54) is 6.42 Å². The standard InChI is InChI=1S/C12H19N3O/c1-3-8(2)13-12(16)11-9-6-4-5-7-10(9)14-15-11/h8H,3-7H2,1-2H3,(H,13,16)(H,14,15). The summed E-state index contributed by atoms with van der Waals surface area (Å²) in [6, 6.07) is 0.212. The van der Waals surface area contributed by atoms with Crippen LogP contribution in [0.4, 0.5) is 0 Å². The normalized spacial score (nSPS) is 16.6. The predicted octanol–water partition coefficient (Wildman–Crippen LogP) is 1.82. The van der Waals surface area contributed by atoms with Gasteiger partial charge in [0.25, 0.3) is 5.91 Å². The van der Waals surface area contributed by atoms with Crippen LogP contribution in [-0.4, -0.2) is 22.1 Å². The second-order valence-electron chi connectivity index (χ2n) is 4.52. The Balaban J connectivity index is 2.14. The fourth-order valence-corrected chi connectivity index (χ4v) is 2.06. The molecule has 0 spiro atoms. The Bertz CT molecular complexity index is 384. The highest BCUT2D eigenvalue weighted by Crippen LogP contribution is 2.22. The average Bonchev–Trinajstić information content (AvgIpc) is 2.72. The first-order valence-corrected chi connectivity index (χ1v) is 6.09. The third-order valence-electron chi connectivity index (χ3n) is 3.26. The third-order valence-corrected chi connectivity index (χ3v) is 3.26. The minimum absolute atomic E-state index is 0.0336. The van der Waals surface area contributed by atoms with E-state index >= 15 is 0 Å². The first-order valence-electron chi connectivity index (χ1n) is 6.09. The van der Waals surface area contributed by atoms with Crippen LogP contribution in [0, 0.1) is 0 Å². The molecule has 4 heteroatoms. The molecular weight excluding hydrogens is 202 g/mol. The Morgan fingerprint density at radius 1 is 1.50 bits per heavy atom. The molecule has 1 unspecified atom stereocenters. The number of nitrogens with one attached hydrogen (secondary N) is 2. The molecule has 0 bridgehead atoms. The third kappa shape index (κ3) is 2.10. The van der Waals surface area contributed by atoms with Gasteiger partial charge in [-0.05, 0) is 39.0 Å². The molecule has 1 aliphatic carbocycles. The molecule has 4 nitrogen and oxygen atoms in total. The summed E-state index contributed by atoms with van der Waals surface area (Å²) in [5.41, 5.74) is 2.89. The van der Waals surface area contributed by atoms with E-state index in [2.05, 4.69) is 22.4 Å². The lowest BCUT2D eigenvalue weighted by Gasteiger charge is -2.13. The number of amides is 1. The van der Waals surface area contributed by atoms with Crippen LogP contribution < -0.4 is 5.32 Å². The SMILES string of the molecule is CCC(C)NC(=O)c1n[nH]c2c1CCCC2. The molecule has 16 heavy (non-hydrogen) atoms. The van der Waals surface area contributed by atoms with Crippen LogP contribution in [0.2, 0.25) is 0 Å². The molecule has 1 aromatic heterocycles. The van der Waals surface area contributed by atoms with E-state index < -0.39 is 0 Å². The summed E-state index contributed by atoms with van der Waals surface area (Å²) in [5, 5.41) is 10.1. The van der Waals surface area contributed by atoms with Crippen molar-refractivity contribution in [2.24, 2.45) is 0 Å². The van der Waals surface area contributed by atoms with Crippen molar-refractivity contribution in [1.29, 1.82) is 0 Å². The van der Waals surface area contributed by atoms with E-state index in [0.717, 1.165) is 36.9 Å². The van der Waals surface area contributed by atoms with E-state index in [1.807, 2.05) is 6.92 Å². The summed E-state index contributed by atoms with van der Waals surface area (Å²) in [6.07, 6.45) is 5.31. The van der Waals surface area contributed by atoms with Gasteiger partial charge in [-0.25, -0.2) is 0 Å². The van der Waals surface area contributed by atoms with Crippen molar-refractivity contribution in [3.05, 3.63) is 17.0 Å². The summed E-state index contributed by atoms with van der Waals surface area (Å²) in [4.78, 5) is 12.0. The topological polar surface area (TPSA) is 57.8 Å². The number of carbonyl (C=O) groups is 1. The number of aryl methyl sites for hydroxylation is 1. The highest BCUT2D eigenvalue weighted by atomic mass is 16.2. The molecule has 1 amide bonds. The lowest BCUT2D eigenvalue weighted by atomic mass is 9.95. The average molecular weight is 221 g/mol. The molecule has 1 heterocycles. The lowest BCUT2D eigenvalue weighted by Crippen LogP contribution is -2.32. The van der Waals surface area contributed by atoms with Crippen molar-refractivity contribution in [1.82, 2.24) is 15.5 Å². The number of aromatic amines is 1. The summed E-state index contributed by atoms with van der Waals surface area (Å²) in [5.74, 6) is -0.0336. The summed E-state index contributed by atoms with van der Waals surface area (Å²) < 4.78 is 0. The van der Waals surface area contributed by atoms with Gasteiger partial charge in [0.2, 0.25) is 0 Å². The van der Waals surface area contributed by atoms with Gasteiger partial charge in [-0.15, -0.1) is 0 Å². The molecule has 0 saturated carbocycles. The fourth-order valence-electron chi connectivity index (χ4n) is 2.06. The molecule has 0 aliphatic heterocycles. The van der Waals surface area contributed by atoms with Gasteiger partial charge in [-0.1, -0.05) is 6.92 Å². The lowest BCUT2D eigenvalue weighted by molar-refractivity contribution is 0.0933. The maximum absolute atomic E-state index is 12.0. The van der Waals surface area contributed by atoms with Crippen molar-refractivity contribution < 1.29 is 4.79 Å². The Kier molecular flexibility index (Phi) is 3.27. The Labute approximate surface area is 95.8 Å². The van der Waals surface area contributed by atoms with Gasteiger partial charge < -0.3 is 5.32 Å². The van der Waals surface area contributed by atoms with Crippen LogP contribution in [0.25, 0.3) is 0 Å². The van der Waals surface area contributed by atoms with E-state index in [0.29, 0.717) is 5.69 Å². The van der Waals surface area contributed by atoms with Crippen LogP contribution in [-0.2, 0) is 12.8 Å². The maximum atomic E-state index is 12.0. The number of carbonyl (C=O) groups excluding carboxylic acids is 1. The summed E-state index contributed by atoms with van der Waals surface area (Å²) in [6.45, 7) is 4.07. The van der Waals surface area contributed by atoms with Crippen molar-refractivity contribution in [3.63, 3.8) is 0 Å². The smallest absolute Gasteiger partial charge is 0.272 e. The number of aromatic nitrogens is 2. The van der Waals surface area contributed by atoms with Crippen molar-refractivity contribution in [2.75, 3.05) is 0 Å². The first kappa shape index (κ1) is 11.2. The highest BCUT2D eigenvalue weighted by molar-refractivity contribution is 5.94. The molecule has 1 aromatic rings. The fraction of sp³-hybridized carbons (Fsp3) is 0.667. The molecule has 2 N–H and O–H groups in total. The van der Waals surface area contributed by atoms with Crippen LogP contribution in [0.1, 0.15) is 54.9 Å². The molecule has 0 radical (unpaired) electrons. The van der Waals surface area contributed by atoms with Crippen molar-refractivity contribution >= 4 is 5.91 Å². The number of hydrogen-bond donors (Lipinski definition) is 2. The molecule has 2 rings (SSSR count). The summed E-state index contributed by atoms with van der Waals surface area (Å²) in [7, 11) is 0. The number of rotatable bonds is 3. The second-order valence-corrected chi connectivity index (χ2v) is 4.52. The van der Waals surface area contributed by atoms with Gasteiger partial charge in [0.1, 0.15) is 0 Å². The largest absolute Gasteiger partial charge is 0.348 e. The van der Waals surface area contributed by atoms with Crippen LogP contribution >= 0.6 is 0 Å². The molecule has 0 saturated heterocycles. The van der Waals surface area contributed by atoms with Crippen LogP contribution in [0.5, 0.6) is 0 Å². The Morgan fingerprint density at radius 3 is 3.00 bits per heavy atom. The second kappa shape index (κ2) is 4.68.